The molecule has 4 N–H and O–H groups in total. The van der Waals surface area contributed by atoms with Crippen molar-refractivity contribution in [2.24, 2.45) is 5.73 Å². The molecular weight excluding hydrogens is 272 g/mol. The molecule has 0 aliphatic heterocycles. The van der Waals surface area contributed by atoms with Crippen molar-refractivity contribution in [3.63, 3.8) is 0 Å². The lowest BCUT2D eigenvalue weighted by Crippen LogP contribution is -2.41. The van der Waals surface area contributed by atoms with E-state index in [1.165, 1.54) is 0 Å². The van der Waals surface area contributed by atoms with Crippen LogP contribution in [0.1, 0.15) is 23.2 Å². The number of hydrogen-bond donors (Lipinski definition) is 3. The standard InChI is InChI=1S/C15H22N2O4/c16-8-10-21-15(20)13(7-4-9-18)17-11-14(19)12-5-2-1-3-6-12/h1-3,5-6,13,17-18H,4,7-11,16H2. The highest BCUT2D eigenvalue weighted by molar-refractivity contribution is 5.97. The maximum Gasteiger partial charge on any atom is 0.323 e. The van der Waals surface area contributed by atoms with Crippen molar-refractivity contribution in [3.05, 3.63) is 35.9 Å². The van der Waals surface area contributed by atoms with Gasteiger partial charge in [0.25, 0.3) is 0 Å². The molecule has 6 heteroatoms. The van der Waals surface area contributed by atoms with Gasteiger partial charge in [-0.15, -0.1) is 0 Å². The zero-order valence-electron chi connectivity index (χ0n) is 12.0. The molecule has 0 bridgehead atoms. The van der Waals surface area contributed by atoms with Crippen molar-refractivity contribution in [2.75, 3.05) is 26.3 Å². The van der Waals surface area contributed by atoms with Crippen LogP contribution in [-0.2, 0) is 9.53 Å². The summed E-state index contributed by atoms with van der Waals surface area (Å²) < 4.78 is 4.97. The Morgan fingerprint density at radius 3 is 2.62 bits per heavy atom. The normalized spacial score (nSPS) is 11.9. The number of carbonyl (C=O) groups is 2. The molecule has 0 amide bonds. The van der Waals surface area contributed by atoms with Gasteiger partial charge in [0.2, 0.25) is 0 Å². The summed E-state index contributed by atoms with van der Waals surface area (Å²) in [6, 6.07) is 8.23. The number of nitrogens with two attached hydrogens (primary N) is 1. The van der Waals surface area contributed by atoms with Crippen LogP contribution in [0.15, 0.2) is 30.3 Å². The van der Waals surface area contributed by atoms with Crippen LogP contribution in [0.3, 0.4) is 0 Å². The maximum absolute atomic E-state index is 12.0. The summed E-state index contributed by atoms with van der Waals surface area (Å²) in [7, 11) is 0. The second-order valence-electron chi connectivity index (χ2n) is 4.54. The first-order valence-corrected chi connectivity index (χ1v) is 6.98. The Balaban J connectivity index is 2.52. The topological polar surface area (TPSA) is 102 Å². The van der Waals surface area contributed by atoms with Crippen molar-refractivity contribution in [1.29, 1.82) is 0 Å². The largest absolute Gasteiger partial charge is 0.463 e. The zero-order valence-corrected chi connectivity index (χ0v) is 12.0. The van der Waals surface area contributed by atoms with Crippen LogP contribution in [0.25, 0.3) is 0 Å². The van der Waals surface area contributed by atoms with E-state index in [0.717, 1.165) is 0 Å². The van der Waals surface area contributed by atoms with E-state index in [4.69, 9.17) is 15.6 Å². The van der Waals surface area contributed by atoms with E-state index < -0.39 is 12.0 Å². The number of ketones is 1. The molecular formula is C15H22N2O4. The summed E-state index contributed by atoms with van der Waals surface area (Å²) in [6.07, 6.45) is 0.858. The van der Waals surface area contributed by atoms with E-state index in [9.17, 15) is 9.59 Å². The summed E-state index contributed by atoms with van der Waals surface area (Å²) in [4.78, 5) is 23.8. The first kappa shape index (κ1) is 17.3. The monoisotopic (exact) mass is 294 g/mol. The van der Waals surface area contributed by atoms with Gasteiger partial charge in [0.1, 0.15) is 12.6 Å². The highest BCUT2D eigenvalue weighted by Gasteiger charge is 2.20. The van der Waals surface area contributed by atoms with Gasteiger partial charge in [0.15, 0.2) is 5.78 Å². The van der Waals surface area contributed by atoms with Crippen molar-refractivity contribution in [3.8, 4) is 0 Å². The maximum atomic E-state index is 12.0. The van der Waals surface area contributed by atoms with Gasteiger partial charge in [0, 0.05) is 18.7 Å². The summed E-state index contributed by atoms with van der Waals surface area (Å²) in [5, 5.41) is 11.7. The molecule has 116 valence electrons. The number of aliphatic hydroxyl groups excluding tert-OH is 1. The van der Waals surface area contributed by atoms with E-state index in [1.54, 1.807) is 24.3 Å². The Bertz CT molecular complexity index is 437. The number of aliphatic hydroxyl groups is 1. The number of nitrogens with one attached hydrogen (secondary N) is 1. The molecule has 21 heavy (non-hydrogen) atoms. The molecule has 1 unspecified atom stereocenters. The molecule has 0 fully saturated rings. The molecule has 1 aromatic rings. The predicted molar refractivity (Wildman–Crippen MR) is 78.9 cm³/mol. The average Bonchev–Trinajstić information content (AvgIpc) is 2.53. The van der Waals surface area contributed by atoms with E-state index >= 15 is 0 Å². The van der Waals surface area contributed by atoms with Gasteiger partial charge >= 0.3 is 5.97 Å². The predicted octanol–water partition coefficient (Wildman–Crippen LogP) is 0.102. The summed E-state index contributed by atoms with van der Waals surface area (Å²) >= 11 is 0. The summed E-state index contributed by atoms with van der Waals surface area (Å²) in [5.41, 5.74) is 5.87. The lowest BCUT2D eigenvalue weighted by molar-refractivity contribution is -0.146. The molecule has 0 saturated carbocycles. The zero-order chi connectivity index (χ0) is 15.5. The van der Waals surface area contributed by atoms with Crippen LogP contribution >= 0.6 is 0 Å². The van der Waals surface area contributed by atoms with Gasteiger partial charge in [-0.05, 0) is 12.8 Å². The Kier molecular flexibility index (Phi) is 8.27. The number of hydrogen-bond acceptors (Lipinski definition) is 6. The molecule has 1 rings (SSSR count). The molecule has 0 aliphatic rings. The minimum absolute atomic E-state index is 0.0189. The molecule has 1 aromatic carbocycles. The Labute approximate surface area is 124 Å². The number of carbonyl (C=O) groups excluding carboxylic acids is 2. The number of rotatable bonds is 10. The van der Waals surface area contributed by atoms with E-state index in [-0.39, 0.29) is 32.1 Å². The minimum Gasteiger partial charge on any atom is -0.463 e. The number of benzene rings is 1. The van der Waals surface area contributed by atoms with Gasteiger partial charge in [-0.3, -0.25) is 14.9 Å². The molecule has 0 saturated heterocycles. The fourth-order valence-corrected chi connectivity index (χ4v) is 1.80. The minimum atomic E-state index is -0.614. The van der Waals surface area contributed by atoms with Crippen molar-refractivity contribution in [1.82, 2.24) is 5.32 Å². The van der Waals surface area contributed by atoms with Gasteiger partial charge in [-0.1, -0.05) is 30.3 Å². The van der Waals surface area contributed by atoms with Crippen LogP contribution in [-0.4, -0.2) is 49.2 Å². The third-order valence-electron chi connectivity index (χ3n) is 2.90. The van der Waals surface area contributed by atoms with Crippen LogP contribution in [0, 0.1) is 0 Å². The second-order valence-corrected chi connectivity index (χ2v) is 4.54. The molecule has 6 nitrogen and oxygen atoms in total. The number of ether oxygens (including phenoxy) is 1. The van der Waals surface area contributed by atoms with E-state index in [2.05, 4.69) is 5.32 Å². The Morgan fingerprint density at radius 1 is 1.29 bits per heavy atom. The van der Waals surface area contributed by atoms with Crippen LogP contribution in [0.4, 0.5) is 0 Å². The van der Waals surface area contributed by atoms with Gasteiger partial charge in [-0.25, -0.2) is 0 Å². The van der Waals surface area contributed by atoms with Crippen LogP contribution < -0.4 is 11.1 Å². The summed E-state index contributed by atoms with van der Waals surface area (Å²) in [6.45, 7) is 0.414. The fourth-order valence-electron chi connectivity index (χ4n) is 1.80. The quantitative estimate of drug-likeness (QED) is 0.418. The van der Waals surface area contributed by atoms with Crippen molar-refractivity contribution < 1.29 is 19.4 Å². The third kappa shape index (κ3) is 6.48. The smallest absolute Gasteiger partial charge is 0.323 e. The molecule has 0 aliphatic carbocycles. The van der Waals surface area contributed by atoms with E-state index in [1.807, 2.05) is 6.07 Å². The molecule has 0 spiro atoms. The van der Waals surface area contributed by atoms with Crippen molar-refractivity contribution in [2.45, 2.75) is 18.9 Å². The molecule has 1 atom stereocenters. The number of Topliss-reactive ketones (excluding diaryl/α,β-unsaturated/α-hetero) is 1. The van der Waals surface area contributed by atoms with Gasteiger partial charge in [-0.2, -0.15) is 0 Å². The third-order valence-corrected chi connectivity index (χ3v) is 2.90. The highest BCUT2D eigenvalue weighted by atomic mass is 16.5. The van der Waals surface area contributed by atoms with Crippen LogP contribution in [0.2, 0.25) is 0 Å². The highest BCUT2D eigenvalue weighted by Crippen LogP contribution is 2.03. The lowest BCUT2D eigenvalue weighted by Gasteiger charge is -2.16. The summed E-state index contributed by atoms with van der Waals surface area (Å²) in [5.74, 6) is -0.550. The molecule has 0 heterocycles. The van der Waals surface area contributed by atoms with E-state index in [0.29, 0.717) is 18.4 Å². The molecule has 0 aromatic heterocycles. The number of esters is 1. The van der Waals surface area contributed by atoms with Crippen molar-refractivity contribution >= 4 is 11.8 Å². The second kappa shape index (κ2) is 10.0. The SMILES string of the molecule is NCCOC(=O)C(CCCO)NCC(=O)c1ccccc1. The first-order valence-electron chi connectivity index (χ1n) is 6.98. The average molecular weight is 294 g/mol. The Hall–Kier alpha value is -1.76. The van der Waals surface area contributed by atoms with Gasteiger partial charge in [0.05, 0.1) is 6.54 Å². The van der Waals surface area contributed by atoms with Crippen LogP contribution in [0.5, 0.6) is 0 Å². The lowest BCUT2D eigenvalue weighted by atomic mass is 10.1. The fraction of sp³-hybridized carbons (Fsp3) is 0.467. The first-order chi connectivity index (χ1) is 10.2. The molecule has 0 radical (unpaired) electrons. The van der Waals surface area contributed by atoms with Gasteiger partial charge < -0.3 is 15.6 Å². The Morgan fingerprint density at radius 2 is 2.00 bits per heavy atom.